The van der Waals surface area contributed by atoms with Crippen molar-refractivity contribution in [2.24, 2.45) is 0 Å². The molecule has 0 spiro atoms. The standard InChI is InChI=1S/C27H26N4OS/c1-2-26-28-25(19-33-26)29-27(32)31-16-14-30(15-17-31)24-12-10-21(11-13-24)23-9-5-8-22(18-23)20-6-3-4-7-20/h1,5-6,8-13,18-19H,3-4,7,14-17H2,(H,29,32). The van der Waals surface area contributed by atoms with Crippen LogP contribution >= 0.6 is 11.3 Å². The number of thiazole rings is 1. The van der Waals surface area contributed by atoms with Crippen molar-refractivity contribution in [1.29, 1.82) is 0 Å². The number of anilines is 2. The van der Waals surface area contributed by atoms with Crippen LogP contribution in [0.2, 0.25) is 0 Å². The van der Waals surface area contributed by atoms with Crippen molar-refractivity contribution in [3.63, 3.8) is 0 Å². The lowest BCUT2D eigenvalue weighted by Gasteiger charge is -2.36. The molecular formula is C27H26N4OS. The number of amides is 2. The van der Waals surface area contributed by atoms with Gasteiger partial charge < -0.3 is 9.80 Å². The molecule has 0 saturated carbocycles. The molecule has 5 nitrogen and oxygen atoms in total. The Kier molecular flexibility index (Phi) is 6.14. The van der Waals surface area contributed by atoms with Crippen LogP contribution in [-0.4, -0.2) is 42.1 Å². The maximum absolute atomic E-state index is 12.5. The van der Waals surface area contributed by atoms with Crippen LogP contribution in [0.5, 0.6) is 0 Å². The van der Waals surface area contributed by atoms with E-state index in [4.69, 9.17) is 6.42 Å². The largest absolute Gasteiger partial charge is 0.368 e. The van der Waals surface area contributed by atoms with E-state index >= 15 is 0 Å². The van der Waals surface area contributed by atoms with Gasteiger partial charge in [0, 0.05) is 37.2 Å². The van der Waals surface area contributed by atoms with E-state index in [1.54, 1.807) is 5.38 Å². The van der Waals surface area contributed by atoms with E-state index in [0.29, 0.717) is 23.9 Å². The van der Waals surface area contributed by atoms with E-state index in [2.05, 4.69) is 75.7 Å². The first-order valence-corrected chi connectivity index (χ1v) is 12.2. The summed E-state index contributed by atoms with van der Waals surface area (Å²) in [7, 11) is 0. The van der Waals surface area contributed by atoms with Crippen molar-refractivity contribution in [2.75, 3.05) is 36.4 Å². The third kappa shape index (κ3) is 4.79. The van der Waals surface area contributed by atoms with Crippen molar-refractivity contribution in [1.82, 2.24) is 9.88 Å². The summed E-state index contributed by atoms with van der Waals surface area (Å²) >= 11 is 1.35. The van der Waals surface area contributed by atoms with Gasteiger partial charge in [-0.3, -0.25) is 5.32 Å². The van der Waals surface area contributed by atoms with Gasteiger partial charge in [0.1, 0.15) is 5.82 Å². The van der Waals surface area contributed by atoms with Crippen LogP contribution < -0.4 is 10.2 Å². The van der Waals surface area contributed by atoms with E-state index in [1.807, 2.05) is 4.90 Å². The fourth-order valence-corrected chi connectivity index (χ4v) is 5.00. The van der Waals surface area contributed by atoms with Crippen molar-refractivity contribution in [2.45, 2.75) is 19.3 Å². The highest BCUT2D eigenvalue weighted by Gasteiger charge is 2.22. The predicted molar refractivity (Wildman–Crippen MR) is 137 cm³/mol. The Hall–Kier alpha value is -3.56. The van der Waals surface area contributed by atoms with Crippen LogP contribution in [0.25, 0.3) is 16.7 Å². The number of hydrogen-bond donors (Lipinski definition) is 1. The predicted octanol–water partition coefficient (Wildman–Crippen LogP) is 5.71. The van der Waals surface area contributed by atoms with Gasteiger partial charge in [-0.05, 0) is 65.6 Å². The van der Waals surface area contributed by atoms with E-state index in [0.717, 1.165) is 13.1 Å². The monoisotopic (exact) mass is 454 g/mol. The van der Waals surface area contributed by atoms with Gasteiger partial charge in [-0.1, -0.05) is 36.4 Å². The number of aromatic nitrogens is 1. The third-order valence-electron chi connectivity index (χ3n) is 6.27. The zero-order chi connectivity index (χ0) is 22.6. The molecule has 2 aromatic carbocycles. The summed E-state index contributed by atoms with van der Waals surface area (Å²) in [5.41, 5.74) is 6.49. The minimum atomic E-state index is -0.129. The summed E-state index contributed by atoms with van der Waals surface area (Å²) in [5, 5.41) is 5.18. The second-order valence-electron chi connectivity index (χ2n) is 8.34. The van der Waals surface area contributed by atoms with E-state index < -0.39 is 0 Å². The number of allylic oxidation sites excluding steroid dienone is 2. The molecule has 6 heteroatoms. The molecular weight excluding hydrogens is 428 g/mol. The maximum atomic E-state index is 12.5. The van der Waals surface area contributed by atoms with Crippen molar-refractivity contribution < 1.29 is 4.79 Å². The Morgan fingerprint density at radius 2 is 1.82 bits per heavy atom. The molecule has 2 amide bonds. The number of nitrogens with one attached hydrogen (secondary N) is 1. The van der Waals surface area contributed by atoms with Crippen LogP contribution in [0.15, 0.2) is 60.0 Å². The normalized spacial score (nSPS) is 15.8. The Bertz CT molecular complexity index is 1210. The summed E-state index contributed by atoms with van der Waals surface area (Å²) < 4.78 is 0. The van der Waals surface area contributed by atoms with Crippen LogP contribution in [0, 0.1) is 12.3 Å². The number of carbonyl (C=O) groups excluding carboxylic acids is 1. The zero-order valence-electron chi connectivity index (χ0n) is 18.5. The molecule has 1 fully saturated rings. The number of terminal acetylenes is 1. The molecule has 166 valence electrons. The molecule has 3 aromatic rings. The first-order valence-electron chi connectivity index (χ1n) is 11.3. The smallest absolute Gasteiger partial charge is 0.323 e. The highest BCUT2D eigenvalue weighted by molar-refractivity contribution is 7.10. The lowest BCUT2D eigenvalue weighted by molar-refractivity contribution is 0.208. The Morgan fingerprint density at radius 3 is 2.52 bits per heavy atom. The number of piperazine rings is 1. The van der Waals surface area contributed by atoms with Gasteiger partial charge in [0.15, 0.2) is 5.01 Å². The fraction of sp³-hybridized carbons (Fsp3) is 0.259. The van der Waals surface area contributed by atoms with Gasteiger partial charge >= 0.3 is 6.03 Å². The van der Waals surface area contributed by atoms with Gasteiger partial charge in [0.2, 0.25) is 0 Å². The summed E-state index contributed by atoms with van der Waals surface area (Å²) in [6, 6.07) is 17.5. The molecule has 0 unspecified atom stereocenters. The van der Waals surface area contributed by atoms with Crippen molar-refractivity contribution >= 4 is 34.4 Å². The molecule has 1 N–H and O–H groups in total. The van der Waals surface area contributed by atoms with E-state index in [9.17, 15) is 4.79 Å². The summed E-state index contributed by atoms with van der Waals surface area (Å²) in [4.78, 5) is 20.9. The van der Waals surface area contributed by atoms with Gasteiger partial charge in [0.25, 0.3) is 0 Å². The summed E-state index contributed by atoms with van der Waals surface area (Å²) in [6.45, 7) is 2.92. The molecule has 1 aromatic heterocycles. The molecule has 0 bridgehead atoms. The van der Waals surface area contributed by atoms with Crippen LogP contribution in [0.3, 0.4) is 0 Å². The SMILES string of the molecule is C#Cc1nc(NC(=O)N2CCN(c3ccc(-c4cccc(C5=CCCC5)c4)cc3)CC2)cs1. The van der Waals surface area contributed by atoms with Gasteiger partial charge in [0.05, 0.1) is 0 Å². The average molecular weight is 455 g/mol. The molecule has 0 atom stereocenters. The third-order valence-corrected chi connectivity index (χ3v) is 7.04. The average Bonchev–Trinajstić information content (AvgIpc) is 3.57. The number of rotatable bonds is 4. The topological polar surface area (TPSA) is 48.5 Å². The minimum absolute atomic E-state index is 0.129. The van der Waals surface area contributed by atoms with Crippen molar-refractivity contribution in [3.8, 4) is 23.5 Å². The first-order chi connectivity index (χ1) is 16.2. The van der Waals surface area contributed by atoms with Gasteiger partial charge in [-0.25, -0.2) is 9.78 Å². The Labute approximate surface area is 198 Å². The minimum Gasteiger partial charge on any atom is -0.368 e. The number of urea groups is 1. The zero-order valence-corrected chi connectivity index (χ0v) is 19.3. The molecule has 0 radical (unpaired) electrons. The molecule has 1 saturated heterocycles. The summed E-state index contributed by atoms with van der Waals surface area (Å²) in [5.74, 6) is 3.00. The number of carbonyl (C=O) groups is 1. The van der Waals surface area contributed by atoms with E-state index in [-0.39, 0.29) is 6.03 Å². The lowest BCUT2D eigenvalue weighted by atomic mass is 9.98. The second-order valence-corrected chi connectivity index (χ2v) is 9.19. The lowest BCUT2D eigenvalue weighted by Crippen LogP contribution is -2.50. The quantitative estimate of drug-likeness (QED) is 0.514. The van der Waals surface area contributed by atoms with Crippen LogP contribution in [-0.2, 0) is 0 Å². The highest BCUT2D eigenvalue weighted by Crippen LogP contribution is 2.31. The highest BCUT2D eigenvalue weighted by atomic mass is 32.1. The Balaban J connectivity index is 1.19. The van der Waals surface area contributed by atoms with Crippen LogP contribution in [0.4, 0.5) is 16.3 Å². The number of nitrogens with zero attached hydrogens (tertiary/aromatic N) is 3. The summed E-state index contributed by atoms with van der Waals surface area (Å²) in [6.07, 6.45) is 11.4. The molecule has 5 rings (SSSR count). The van der Waals surface area contributed by atoms with E-state index in [1.165, 1.54) is 58.6 Å². The molecule has 33 heavy (non-hydrogen) atoms. The maximum Gasteiger partial charge on any atom is 0.323 e. The molecule has 1 aliphatic carbocycles. The molecule has 2 heterocycles. The number of benzene rings is 2. The molecule has 1 aliphatic heterocycles. The van der Waals surface area contributed by atoms with Gasteiger partial charge in [-0.15, -0.1) is 17.8 Å². The van der Waals surface area contributed by atoms with Crippen molar-refractivity contribution in [3.05, 3.63) is 70.6 Å². The van der Waals surface area contributed by atoms with Gasteiger partial charge in [-0.2, -0.15) is 0 Å². The fourth-order valence-electron chi connectivity index (χ4n) is 4.45. The Morgan fingerprint density at radius 1 is 1.03 bits per heavy atom. The number of hydrogen-bond acceptors (Lipinski definition) is 4. The molecule has 2 aliphatic rings. The second kappa shape index (κ2) is 9.51. The first kappa shape index (κ1) is 21.3. The van der Waals surface area contributed by atoms with Crippen LogP contribution in [0.1, 0.15) is 29.8 Å².